The predicted octanol–water partition coefficient (Wildman–Crippen LogP) is 3.73. The molecule has 3 nitrogen and oxygen atoms in total. The number of hydrogen-bond donors (Lipinski definition) is 2. The maximum absolute atomic E-state index is 13.6. The Morgan fingerprint density at radius 3 is 2.95 bits per heavy atom. The summed E-state index contributed by atoms with van der Waals surface area (Å²) in [6, 6.07) is 4.59. The highest BCUT2D eigenvalue weighted by Crippen LogP contribution is 2.33. The maximum Gasteiger partial charge on any atom is 0.170 e. The number of benzene rings is 1. The van der Waals surface area contributed by atoms with Crippen molar-refractivity contribution in [3.63, 3.8) is 0 Å². The average molecular weight is 296 g/mol. The Bertz CT molecular complexity index is 493. The summed E-state index contributed by atoms with van der Waals surface area (Å²) in [5.41, 5.74) is 6.83. The molecular weight excluding hydrogens is 275 g/mol. The second-order valence-electron chi connectivity index (χ2n) is 5.54. The van der Waals surface area contributed by atoms with Gasteiger partial charge in [-0.2, -0.15) is 11.8 Å². The van der Waals surface area contributed by atoms with E-state index in [2.05, 4.69) is 12.1 Å². The van der Waals surface area contributed by atoms with Crippen molar-refractivity contribution in [2.75, 3.05) is 0 Å². The molecule has 0 aliphatic heterocycles. The van der Waals surface area contributed by atoms with Gasteiger partial charge in [0, 0.05) is 16.6 Å². The fourth-order valence-corrected chi connectivity index (χ4v) is 4.08. The van der Waals surface area contributed by atoms with E-state index in [1.165, 1.54) is 37.8 Å². The van der Waals surface area contributed by atoms with Crippen LogP contribution in [0.1, 0.15) is 43.7 Å². The van der Waals surface area contributed by atoms with E-state index in [1.54, 1.807) is 6.07 Å². The molecule has 0 heterocycles. The third kappa shape index (κ3) is 4.13. The van der Waals surface area contributed by atoms with Crippen LogP contribution in [0.2, 0.25) is 0 Å². The molecule has 0 bridgehead atoms. The highest BCUT2D eigenvalue weighted by molar-refractivity contribution is 7.99. The number of halogens is 1. The Hall–Kier alpha value is -1.23. The summed E-state index contributed by atoms with van der Waals surface area (Å²) < 4.78 is 13.6. The van der Waals surface area contributed by atoms with Crippen LogP contribution in [0, 0.1) is 11.7 Å². The van der Waals surface area contributed by atoms with Crippen LogP contribution in [0.3, 0.4) is 0 Å². The maximum atomic E-state index is 13.6. The topological polar surface area (TPSA) is 58.6 Å². The van der Waals surface area contributed by atoms with Crippen molar-refractivity contribution >= 4 is 17.6 Å². The summed E-state index contributed by atoms with van der Waals surface area (Å²) in [7, 11) is 0. The summed E-state index contributed by atoms with van der Waals surface area (Å²) >= 11 is 1.88. The second-order valence-corrected chi connectivity index (χ2v) is 6.83. The predicted molar refractivity (Wildman–Crippen MR) is 81.6 cm³/mol. The molecular formula is C15H21FN2OS. The Labute approximate surface area is 123 Å². The summed E-state index contributed by atoms with van der Waals surface area (Å²) in [6.07, 6.45) is 5.10. The molecule has 1 aliphatic rings. The summed E-state index contributed by atoms with van der Waals surface area (Å²) in [5.74, 6) is 1.16. The fraction of sp³-hybridized carbons (Fsp3) is 0.533. The lowest BCUT2D eigenvalue weighted by molar-refractivity contribution is 0.318. The van der Waals surface area contributed by atoms with E-state index in [9.17, 15) is 4.39 Å². The first kappa shape index (κ1) is 15.2. The zero-order chi connectivity index (χ0) is 14.5. The van der Waals surface area contributed by atoms with Gasteiger partial charge in [0.2, 0.25) is 0 Å². The van der Waals surface area contributed by atoms with Crippen molar-refractivity contribution in [3.05, 3.63) is 35.1 Å². The minimum Gasteiger partial charge on any atom is -0.409 e. The van der Waals surface area contributed by atoms with Crippen LogP contribution in [-0.2, 0) is 5.75 Å². The molecule has 0 saturated heterocycles. The van der Waals surface area contributed by atoms with Crippen LogP contribution in [0.15, 0.2) is 23.4 Å². The molecule has 2 unspecified atom stereocenters. The number of rotatable bonds is 4. The number of amidine groups is 1. The van der Waals surface area contributed by atoms with Gasteiger partial charge < -0.3 is 10.9 Å². The smallest absolute Gasteiger partial charge is 0.170 e. The third-order valence-electron chi connectivity index (χ3n) is 3.74. The van der Waals surface area contributed by atoms with Gasteiger partial charge in [-0.15, -0.1) is 0 Å². The lowest BCUT2D eigenvalue weighted by Crippen LogP contribution is -2.15. The van der Waals surface area contributed by atoms with Gasteiger partial charge in [-0.3, -0.25) is 0 Å². The average Bonchev–Trinajstić information content (AvgIpc) is 2.44. The minimum absolute atomic E-state index is 0.0537. The van der Waals surface area contributed by atoms with E-state index in [4.69, 9.17) is 10.9 Å². The molecule has 1 fully saturated rings. The molecule has 0 spiro atoms. The van der Waals surface area contributed by atoms with Gasteiger partial charge in [0.25, 0.3) is 0 Å². The van der Waals surface area contributed by atoms with Crippen molar-refractivity contribution in [2.24, 2.45) is 16.8 Å². The Kier molecular flexibility index (Phi) is 5.29. The molecule has 1 aromatic rings. The Morgan fingerprint density at radius 2 is 2.25 bits per heavy atom. The van der Waals surface area contributed by atoms with E-state index < -0.39 is 0 Å². The van der Waals surface area contributed by atoms with Gasteiger partial charge >= 0.3 is 0 Å². The van der Waals surface area contributed by atoms with Crippen LogP contribution in [-0.4, -0.2) is 16.3 Å². The molecule has 0 aromatic heterocycles. The molecule has 2 atom stereocenters. The Balaban J connectivity index is 2.00. The van der Waals surface area contributed by atoms with E-state index in [1.807, 2.05) is 11.8 Å². The van der Waals surface area contributed by atoms with Crippen LogP contribution in [0.5, 0.6) is 0 Å². The molecule has 0 amide bonds. The standard InChI is InChI=1S/C15H21FN2OS/c1-10-3-2-4-14(5-10)20-9-11-6-12(15(17)18-19)8-13(16)7-11/h6-8,10,14,19H,2-5,9H2,1H3,(H2,17,18). The van der Waals surface area contributed by atoms with Crippen molar-refractivity contribution in [1.82, 2.24) is 0 Å². The van der Waals surface area contributed by atoms with Crippen LogP contribution in [0.25, 0.3) is 0 Å². The van der Waals surface area contributed by atoms with Gasteiger partial charge in [0.05, 0.1) is 0 Å². The first-order valence-corrected chi connectivity index (χ1v) is 8.02. The van der Waals surface area contributed by atoms with Crippen molar-refractivity contribution in [2.45, 2.75) is 43.6 Å². The van der Waals surface area contributed by atoms with Gasteiger partial charge in [0.1, 0.15) is 5.82 Å². The normalized spacial score (nSPS) is 23.8. The van der Waals surface area contributed by atoms with Gasteiger partial charge in [-0.05, 0) is 42.5 Å². The molecule has 20 heavy (non-hydrogen) atoms. The number of nitrogens with two attached hydrogens (primary N) is 1. The largest absolute Gasteiger partial charge is 0.409 e. The zero-order valence-corrected chi connectivity index (χ0v) is 12.5. The number of thioether (sulfide) groups is 1. The number of nitrogens with zero attached hydrogens (tertiary/aromatic N) is 1. The van der Waals surface area contributed by atoms with Crippen LogP contribution < -0.4 is 5.73 Å². The van der Waals surface area contributed by atoms with Gasteiger partial charge in [0.15, 0.2) is 5.84 Å². The molecule has 1 aromatic carbocycles. The van der Waals surface area contributed by atoms with Crippen molar-refractivity contribution < 1.29 is 9.60 Å². The van der Waals surface area contributed by atoms with E-state index in [-0.39, 0.29) is 11.7 Å². The van der Waals surface area contributed by atoms with Crippen LogP contribution in [0.4, 0.5) is 4.39 Å². The first-order valence-electron chi connectivity index (χ1n) is 6.97. The lowest BCUT2D eigenvalue weighted by Gasteiger charge is -2.26. The highest BCUT2D eigenvalue weighted by Gasteiger charge is 2.19. The number of hydrogen-bond acceptors (Lipinski definition) is 3. The van der Waals surface area contributed by atoms with E-state index in [0.29, 0.717) is 10.8 Å². The molecule has 2 rings (SSSR count). The second kappa shape index (κ2) is 6.97. The lowest BCUT2D eigenvalue weighted by atomic mass is 9.91. The fourth-order valence-electron chi connectivity index (χ4n) is 2.68. The highest BCUT2D eigenvalue weighted by atomic mass is 32.2. The summed E-state index contributed by atoms with van der Waals surface area (Å²) in [5, 5.41) is 12.3. The molecule has 110 valence electrons. The Morgan fingerprint density at radius 1 is 1.45 bits per heavy atom. The molecule has 1 aliphatic carbocycles. The summed E-state index contributed by atoms with van der Waals surface area (Å²) in [6.45, 7) is 2.30. The number of oxime groups is 1. The van der Waals surface area contributed by atoms with E-state index in [0.717, 1.165) is 17.2 Å². The molecule has 5 heteroatoms. The molecule has 0 radical (unpaired) electrons. The monoisotopic (exact) mass is 296 g/mol. The quantitative estimate of drug-likeness (QED) is 0.385. The van der Waals surface area contributed by atoms with E-state index >= 15 is 0 Å². The zero-order valence-electron chi connectivity index (χ0n) is 11.7. The minimum atomic E-state index is -0.346. The van der Waals surface area contributed by atoms with Crippen LogP contribution >= 0.6 is 11.8 Å². The summed E-state index contributed by atoms with van der Waals surface area (Å²) in [4.78, 5) is 0. The van der Waals surface area contributed by atoms with Crippen molar-refractivity contribution in [3.8, 4) is 0 Å². The van der Waals surface area contributed by atoms with Gasteiger partial charge in [-0.1, -0.05) is 24.9 Å². The SMILES string of the molecule is CC1CCCC(SCc2cc(F)cc(/C(N)=N/O)c2)C1. The third-order valence-corrected chi connectivity index (χ3v) is 5.13. The van der Waals surface area contributed by atoms with Gasteiger partial charge in [-0.25, -0.2) is 4.39 Å². The van der Waals surface area contributed by atoms with Crippen molar-refractivity contribution in [1.29, 1.82) is 0 Å². The molecule has 1 saturated carbocycles. The molecule has 3 N–H and O–H groups in total. The first-order chi connectivity index (χ1) is 9.58.